The molecule has 0 aliphatic carbocycles. The van der Waals surface area contributed by atoms with E-state index in [0.29, 0.717) is 22.1 Å². The second-order valence-corrected chi connectivity index (χ2v) is 6.28. The highest BCUT2D eigenvalue weighted by molar-refractivity contribution is 7.13. The first-order valence-corrected chi connectivity index (χ1v) is 8.05. The van der Waals surface area contributed by atoms with E-state index in [9.17, 15) is 18.0 Å². The number of halogens is 3. The molecule has 7 nitrogen and oxygen atoms in total. The van der Waals surface area contributed by atoms with Crippen molar-refractivity contribution >= 4 is 28.2 Å². The fraction of sp³-hybridized carbons (Fsp3) is 0.357. The zero-order chi connectivity index (χ0) is 18.4. The zero-order valence-electron chi connectivity index (χ0n) is 13.5. The quantitative estimate of drug-likeness (QED) is 0.766. The van der Waals surface area contributed by atoms with Crippen molar-refractivity contribution in [1.29, 1.82) is 0 Å². The zero-order valence-corrected chi connectivity index (χ0v) is 14.3. The molecule has 3 heterocycles. The van der Waals surface area contributed by atoms with Crippen LogP contribution in [0.3, 0.4) is 0 Å². The summed E-state index contributed by atoms with van der Waals surface area (Å²) in [6, 6.07) is 0. The van der Waals surface area contributed by atoms with E-state index >= 15 is 0 Å². The van der Waals surface area contributed by atoms with Gasteiger partial charge >= 0.3 is 6.18 Å². The molecule has 25 heavy (non-hydrogen) atoms. The average Bonchev–Trinajstić information content (AvgIpc) is 3.09. The van der Waals surface area contributed by atoms with Crippen LogP contribution < -0.4 is 5.32 Å². The molecule has 0 bridgehead atoms. The Kier molecular flexibility index (Phi) is 4.19. The van der Waals surface area contributed by atoms with E-state index in [2.05, 4.69) is 25.4 Å². The number of aryl methyl sites for hydroxylation is 3. The molecule has 0 spiro atoms. The minimum atomic E-state index is -4.66. The normalized spacial score (nSPS) is 11.9. The lowest BCUT2D eigenvalue weighted by Gasteiger charge is -2.09. The number of hydrogen-bond donors (Lipinski definition) is 1. The topological polar surface area (TPSA) is 85.1 Å². The molecule has 0 saturated heterocycles. The number of aromatic nitrogens is 5. The second-order valence-electron chi connectivity index (χ2n) is 5.43. The molecule has 3 rings (SSSR count). The third-order valence-electron chi connectivity index (χ3n) is 3.51. The molecule has 0 aliphatic rings. The first kappa shape index (κ1) is 17.3. The predicted molar refractivity (Wildman–Crippen MR) is 84.4 cm³/mol. The van der Waals surface area contributed by atoms with Crippen molar-refractivity contribution in [2.24, 2.45) is 0 Å². The molecular formula is C14H13F3N6OS. The number of rotatable bonds is 3. The molecule has 132 valence electrons. The van der Waals surface area contributed by atoms with Gasteiger partial charge in [0.1, 0.15) is 0 Å². The number of amides is 1. The van der Waals surface area contributed by atoms with Gasteiger partial charge in [-0.25, -0.2) is 14.5 Å². The molecule has 3 aromatic heterocycles. The van der Waals surface area contributed by atoms with E-state index in [4.69, 9.17) is 0 Å². The summed E-state index contributed by atoms with van der Waals surface area (Å²) in [5, 5.41) is 8.38. The number of nitrogens with one attached hydrogen (secondary N) is 1. The highest BCUT2D eigenvalue weighted by Gasteiger charge is 2.37. The van der Waals surface area contributed by atoms with Crippen LogP contribution in [0.25, 0.3) is 5.78 Å². The largest absolute Gasteiger partial charge is 0.453 e. The maximum absolute atomic E-state index is 12.8. The van der Waals surface area contributed by atoms with Crippen molar-refractivity contribution < 1.29 is 18.0 Å². The third-order valence-corrected chi connectivity index (χ3v) is 4.38. The van der Waals surface area contributed by atoms with E-state index in [1.54, 1.807) is 26.2 Å². The fourth-order valence-corrected chi connectivity index (χ4v) is 3.02. The van der Waals surface area contributed by atoms with Crippen molar-refractivity contribution in [3.05, 3.63) is 33.8 Å². The monoisotopic (exact) mass is 370 g/mol. The number of nitrogens with zero attached hydrogens (tertiary/aromatic N) is 5. The first-order valence-electron chi connectivity index (χ1n) is 7.17. The van der Waals surface area contributed by atoms with Gasteiger partial charge in [0.05, 0.1) is 12.1 Å². The maximum atomic E-state index is 12.8. The lowest BCUT2D eigenvalue weighted by Crippen LogP contribution is -2.17. The molecule has 0 fully saturated rings. The summed E-state index contributed by atoms with van der Waals surface area (Å²) in [7, 11) is 0. The molecule has 0 aromatic carbocycles. The molecule has 1 amide bonds. The van der Waals surface area contributed by atoms with E-state index in [1.807, 2.05) is 0 Å². The van der Waals surface area contributed by atoms with E-state index in [0.717, 1.165) is 10.2 Å². The molecule has 0 atom stereocenters. The van der Waals surface area contributed by atoms with Gasteiger partial charge < -0.3 is 5.32 Å². The lowest BCUT2D eigenvalue weighted by molar-refractivity contribution is -0.144. The summed E-state index contributed by atoms with van der Waals surface area (Å²) in [5.74, 6) is -1.75. The minimum absolute atomic E-state index is 0.0551. The van der Waals surface area contributed by atoms with Gasteiger partial charge in [-0.1, -0.05) is 0 Å². The number of anilines is 1. The van der Waals surface area contributed by atoms with Crippen LogP contribution in [-0.2, 0) is 17.4 Å². The van der Waals surface area contributed by atoms with Gasteiger partial charge in [0, 0.05) is 22.3 Å². The minimum Gasteiger partial charge on any atom is -0.302 e. The van der Waals surface area contributed by atoms with Gasteiger partial charge in [-0.15, -0.1) is 16.4 Å². The smallest absolute Gasteiger partial charge is 0.302 e. The second kappa shape index (κ2) is 6.06. The van der Waals surface area contributed by atoms with Gasteiger partial charge in [-0.2, -0.15) is 18.2 Å². The Balaban J connectivity index is 1.91. The van der Waals surface area contributed by atoms with Crippen LogP contribution in [0.15, 0.2) is 5.38 Å². The average molecular weight is 370 g/mol. The molecule has 0 radical (unpaired) electrons. The number of thiazole rings is 1. The number of fused-ring (bicyclic) bond motifs is 1. The van der Waals surface area contributed by atoms with Gasteiger partial charge in [0.15, 0.2) is 5.13 Å². The van der Waals surface area contributed by atoms with Crippen molar-refractivity contribution in [2.75, 3.05) is 5.32 Å². The van der Waals surface area contributed by atoms with E-state index < -0.39 is 12.0 Å². The third kappa shape index (κ3) is 3.45. The number of carbonyl (C=O) groups is 1. The molecule has 1 N–H and O–H groups in total. The van der Waals surface area contributed by atoms with Crippen LogP contribution in [0.2, 0.25) is 0 Å². The van der Waals surface area contributed by atoms with E-state index in [-0.39, 0.29) is 18.1 Å². The summed E-state index contributed by atoms with van der Waals surface area (Å²) in [5.41, 5.74) is 2.10. The Morgan fingerprint density at radius 3 is 2.56 bits per heavy atom. The SMILES string of the molecule is Cc1csc(NC(=O)Cc2c(C)nc3nc(C(F)(F)F)nn3c2C)n1. The number of alkyl halides is 3. The summed E-state index contributed by atoms with van der Waals surface area (Å²) in [4.78, 5) is 23.8. The van der Waals surface area contributed by atoms with Crippen LogP contribution in [0, 0.1) is 20.8 Å². The van der Waals surface area contributed by atoms with Crippen LogP contribution in [0.5, 0.6) is 0 Å². The Labute approximate surface area is 143 Å². The highest BCUT2D eigenvalue weighted by Crippen LogP contribution is 2.27. The first-order chi connectivity index (χ1) is 11.6. The molecular weight excluding hydrogens is 357 g/mol. The standard InChI is InChI=1S/C14H13F3N6OS/c1-6-5-25-13(18-6)20-10(24)4-9-7(2)19-12-21-11(14(15,16)17)22-23(12)8(9)3/h5H,4H2,1-3H3,(H,18,20,24). The summed E-state index contributed by atoms with van der Waals surface area (Å²) < 4.78 is 39.3. The summed E-state index contributed by atoms with van der Waals surface area (Å²) >= 11 is 1.29. The molecule has 0 aliphatic heterocycles. The molecule has 3 aromatic rings. The Morgan fingerprint density at radius 2 is 1.96 bits per heavy atom. The van der Waals surface area contributed by atoms with Crippen LogP contribution in [-0.4, -0.2) is 30.5 Å². The summed E-state index contributed by atoms with van der Waals surface area (Å²) in [6.07, 6.45) is -4.71. The molecule has 0 unspecified atom stereocenters. The van der Waals surface area contributed by atoms with Gasteiger partial charge in [-0.05, 0) is 20.8 Å². The fourth-order valence-electron chi connectivity index (χ4n) is 2.32. The van der Waals surface area contributed by atoms with Gasteiger partial charge in [0.2, 0.25) is 5.91 Å². The van der Waals surface area contributed by atoms with Crippen molar-refractivity contribution in [2.45, 2.75) is 33.4 Å². The molecule has 0 saturated carbocycles. The van der Waals surface area contributed by atoms with Crippen molar-refractivity contribution in [1.82, 2.24) is 24.6 Å². The highest BCUT2D eigenvalue weighted by atomic mass is 32.1. The van der Waals surface area contributed by atoms with E-state index in [1.165, 1.54) is 11.3 Å². The van der Waals surface area contributed by atoms with Crippen molar-refractivity contribution in [3.63, 3.8) is 0 Å². The Bertz CT molecular complexity index is 962. The number of carbonyl (C=O) groups excluding carboxylic acids is 1. The van der Waals surface area contributed by atoms with Crippen LogP contribution in [0.4, 0.5) is 18.3 Å². The van der Waals surface area contributed by atoms with Crippen LogP contribution in [0.1, 0.15) is 28.5 Å². The van der Waals surface area contributed by atoms with Crippen LogP contribution >= 0.6 is 11.3 Å². The van der Waals surface area contributed by atoms with Crippen molar-refractivity contribution in [3.8, 4) is 0 Å². The molecule has 11 heteroatoms. The predicted octanol–water partition coefficient (Wildman–Crippen LogP) is 2.71. The van der Waals surface area contributed by atoms with Gasteiger partial charge in [-0.3, -0.25) is 4.79 Å². The number of hydrogen-bond acceptors (Lipinski definition) is 6. The Morgan fingerprint density at radius 1 is 1.24 bits per heavy atom. The van der Waals surface area contributed by atoms with Gasteiger partial charge in [0.25, 0.3) is 11.6 Å². The summed E-state index contributed by atoms with van der Waals surface area (Å²) in [6.45, 7) is 5.00. The lowest BCUT2D eigenvalue weighted by atomic mass is 10.1. The maximum Gasteiger partial charge on any atom is 0.453 e. The Hall–Kier alpha value is -2.56.